The molecule has 0 atom stereocenters. The first kappa shape index (κ1) is 16.6. The molecule has 1 aromatic carbocycles. The van der Waals surface area contributed by atoms with Crippen molar-refractivity contribution in [1.29, 1.82) is 0 Å². The van der Waals surface area contributed by atoms with E-state index in [-0.39, 0.29) is 0 Å². The van der Waals surface area contributed by atoms with E-state index < -0.39 is 0 Å². The van der Waals surface area contributed by atoms with Crippen LogP contribution in [0, 0.1) is 0 Å². The minimum absolute atomic E-state index is 0.751. The van der Waals surface area contributed by atoms with Crippen LogP contribution in [0.3, 0.4) is 0 Å². The van der Waals surface area contributed by atoms with Crippen LogP contribution in [0.4, 0.5) is 0 Å². The first-order chi connectivity index (χ1) is 10.3. The van der Waals surface area contributed by atoms with Crippen molar-refractivity contribution in [2.45, 2.75) is 13.3 Å². The Morgan fingerprint density at radius 3 is 2.52 bits per heavy atom. The Morgan fingerprint density at radius 2 is 1.90 bits per heavy atom. The van der Waals surface area contributed by atoms with Crippen LogP contribution in [-0.2, 0) is 0 Å². The molecule has 0 unspecified atom stereocenters. The van der Waals surface area contributed by atoms with Gasteiger partial charge in [0, 0.05) is 24.2 Å². The van der Waals surface area contributed by atoms with Gasteiger partial charge in [-0.3, -0.25) is 9.98 Å². The quantitative estimate of drug-likeness (QED) is 0.478. The summed E-state index contributed by atoms with van der Waals surface area (Å²) in [6.07, 6.45) is 12.4. The molecular weight excluding hydrogens is 256 g/mol. The van der Waals surface area contributed by atoms with E-state index in [0.29, 0.717) is 0 Å². The summed E-state index contributed by atoms with van der Waals surface area (Å²) in [7, 11) is 0. The number of rotatable bonds is 8. The number of hydrogen-bond donors (Lipinski definition) is 0. The first-order valence-electron chi connectivity index (χ1n) is 7.03. The fourth-order valence-corrected chi connectivity index (χ4v) is 1.77. The minimum Gasteiger partial charge on any atom is -0.290 e. The molecule has 108 valence electrons. The highest BCUT2D eigenvalue weighted by Gasteiger charge is 2.00. The highest BCUT2D eigenvalue weighted by Crippen LogP contribution is 2.15. The van der Waals surface area contributed by atoms with Crippen LogP contribution in [0.1, 0.15) is 18.9 Å². The predicted molar refractivity (Wildman–Crippen MR) is 95.0 cm³/mol. The molecule has 1 rings (SSSR count). The molecule has 21 heavy (non-hydrogen) atoms. The van der Waals surface area contributed by atoms with Gasteiger partial charge < -0.3 is 0 Å². The molecule has 0 aliphatic heterocycles. The van der Waals surface area contributed by atoms with Crippen LogP contribution in [0.25, 0.3) is 5.70 Å². The second-order valence-electron chi connectivity index (χ2n) is 4.27. The lowest BCUT2D eigenvalue weighted by molar-refractivity contribution is 1.12. The standard InChI is InChI=1S/C19H22N2/c1-4-6-7-8-12-15-18(21-5-2)16-19(20-3)17-13-10-9-11-14-17/h4,6-14,16H,1,3,5,15H2,2H3/b7-6-,12-8-,19-16-,21-18?. The molecule has 0 bridgehead atoms. The van der Waals surface area contributed by atoms with Crippen LogP contribution in [-0.4, -0.2) is 19.0 Å². The summed E-state index contributed by atoms with van der Waals surface area (Å²) in [5, 5.41) is 0. The van der Waals surface area contributed by atoms with Crippen molar-refractivity contribution in [2.24, 2.45) is 9.98 Å². The van der Waals surface area contributed by atoms with Crippen molar-refractivity contribution < 1.29 is 0 Å². The number of allylic oxidation sites excluding steroid dienone is 6. The van der Waals surface area contributed by atoms with Gasteiger partial charge in [-0.25, -0.2) is 0 Å². The molecular formula is C19H22N2. The SMILES string of the molecule is C=C/C=C\C=C/CC(/C=C(\N=C)c1ccccc1)=NCC. The van der Waals surface area contributed by atoms with E-state index in [1.807, 2.05) is 61.6 Å². The van der Waals surface area contributed by atoms with Gasteiger partial charge in [-0.05, 0) is 19.7 Å². The van der Waals surface area contributed by atoms with Crippen LogP contribution < -0.4 is 0 Å². The average molecular weight is 278 g/mol. The minimum atomic E-state index is 0.751. The van der Waals surface area contributed by atoms with E-state index in [9.17, 15) is 0 Å². The Hall–Kier alpha value is -2.48. The average Bonchev–Trinajstić information content (AvgIpc) is 2.53. The van der Waals surface area contributed by atoms with Gasteiger partial charge in [-0.15, -0.1) is 0 Å². The Kier molecular flexibility index (Phi) is 8.15. The zero-order valence-electron chi connectivity index (χ0n) is 12.6. The van der Waals surface area contributed by atoms with E-state index in [2.05, 4.69) is 29.4 Å². The van der Waals surface area contributed by atoms with E-state index >= 15 is 0 Å². The van der Waals surface area contributed by atoms with Gasteiger partial charge in [0.1, 0.15) is 0 Å². The lowest BCUT2D eigenvalue weighted by Gasteiger charge is -2.03. The Morgan fingerprint density at radius 1 is 1.14 bits per heavy atom. The van der Waals surface area contributed by atoms with Crippen molar-refractivity contribution in [1.82, 2.24) is 0 Å². The third-order valence-electron chi connectivity index (χ3n) is 2.73. The van der Waals surface area contributed by atoms with Crippen molar-refractivity contribution in [3.8, 4) is 0 Å². The molecule has 0 fully saturated rings. The molecule has 0 amide bonds. The highest BCUT2D eigenvalue weighted by atomic mass is 14.7. The summed E-state index contributed by atoms with van der Waals surface area (Å²) < 4.78 is 0. The summed E-state index contributed by atoms with van der Waals surface area (Å²) >= 11 is 0. The molecule has 0 aromatic heterocycles. The molecule has 0 radical (unpaired) electrons. The van der Waals surface area contributed by atoms with Gasteiger partial charge in [0.15, 0.2) is 0 Å². The van der Waals surface area contributed by atoms with Crippen molar-refractivity contribution in [3.05, 3.63) is 78.9 Å². The first-order valence-corrected chi connectivity index (χ1v) is 7.03. The summed E-state index contributed by atoms with van der Waals surface area (Å²) in [5.41, 5.74) is 2.89. The monoisotopic (exact) mass is 278 g/mol. The predicted octanol–water partition coefficient (Wildman–Crippen LogP) is 4.88. The molecule has 0 saturated heterocycles. The smallest absolute Gasteiger partial charge is 0.0712 e. The third-order valence-corrected chi connectivity index (χ3v) is 2.73. The van der Waals surface area contributed by atoms with E-state index in [0.717, 1.165) is 29.9 Å². The largest absolute Gasteiger partial charge is 0.290 e. The van der Waals surface area contributed by atoms with Crippen LogP contribution >= 0.6 is 0 Å². The summed E-state index contributed by atoms with van der Waals surface area (Å²) in [5.74, 6) is 0. The summed E-state index contributed by atoms with van der Waals surface area (Å²) in [6.45, 7) is 10.1. The van der Waals surface area contributed by atoms with Gasteiger partial charge in [0.2, 0.25) is 0 Å². The second kappa shape index (κ2) is 10.3. The van der Waals surface area contributed by atoms with Gasteiger partial charge in [0.05, 0.1) is 5.70 Å². The van der Waals surface area contributed by atoms with E-state index in [4.69, 9.17) is 0 Å². The van der Waals surface area contributed by atoms with Crippen molar-refractivity contribution in [3.63, 3.8) is 0 Å². The lowest BCUT2D eigenvalue weighted by atomic mass is 10.1. The van der Waals surface area contributed by atoms with Crippen LogP contribution in [0.2, 0.25) is 0 Å². The topological polar surface area (TPSA) is 24.7 Å². The fourth-order valence-electron chi connectivity index (χ4n) is 1.77. The zero-order chi connectivity index (χ0) is 15.3. The van der Waals surface area contributed by atoms with Crippen LogP contribution in [0.15, 0.2) is 83.4 Å². The molecule has 2 nitrogen and oxygen atoms in total. The van der Waals surface area contributed by atoms with Gasteiger partial charge in [0.25, 0.3) is 0 Å². The van der Waals surface area contributed by atoms with Gasteiger partial charge >= 0.3 is 0 Å². The van der Waals surface area contributed by atoms with E-state index in [1.165, 1.54) is 0 Å². The molecule has 0 heterocycles. The molecule has 1 aromatic rings. The lowest BCUT2D eigenvalue weighted by Crippen LogP contribution is -1.95. The number of aliphatic imine (C=N–C) groups is 2. The molecule has 0 saturated carbocycles. The molecule has 0 N–H and O–H groups in total. The maximum Gasteiger partial charge on any atom is 0.0712 e. The molecule has 0 aliphatic carbocycles. The Bertz CT molecular complexity index is 560. The normalized spacial score (nSPS) is 13.0. The second-order valence-corrected chi connectivity index (χ2v) is 4.27. The van der Waals surface area contributed by atoms with Crippen LogP contribution in [0.5, 0.6) is 0 Å². The maximum atomic E-state index is 4.51. The van der Waals surface area contributed by atoms with Crippen molar-refractivity contribution in [2.75, 3.05) is 6.54 Å². The van der Waals surface area contributed by atoms with E-state index in [1.54, 1.807) is 6.08 Å². The fraction of sp³-hybridized carbons (Fsp3) is 0.158. The summed E-state index contributed by atoms with van der Waals surface area (Å²) in [6, 6.07) is 10.0. The zero-order valence-corrected chi connectivity index (χ0v) is 12.6. The van der Waals surface area contributed by atoms with Gasteiger partial charge in [-0.2, -0.15) is 0 Å². The van der Waals surface area contributed by atoms with Gasteiger partial charge in [-0.1, -0.05) is 67.3 Å². The number of benzene rings is 1. The highest BCUT2D eigenvalue weighted by molar-refractivity contribution is 6.01. The number of nitrogens with zero attached hydrogens (tertiary/aromatic N) is 2. The molecule has 2 heteroatoms. The van der Waals surface area contributed by atoms with Crippen molar-refractivity contribution >= 4 is 18.1 Å². The molecule has 0 aliphatic rings. The Balaban J connectivity index is 2.89. The Labute approximate surface area is 127 Å². The molecule has 0 spiro atoms. The number of hydrogen-bond acceptors (Lipinski definition) is 2. The maximum absolute atomic E-state index is 4.51. The summed E-state index contributed by atoms with van der Waals surface area (Å²) in [4.78, 5) is 8.63. The third kappa shape index (κ3) is 6.48.